The van der Waals surface area contributed by atoms with Crippen LogP contribution in [0.2, 0.25) is 0 Å². The maximum absolute atomic E-state index is 14.8. The Kier molecular flexibility index (Phi) is 8.11. The number of nitrogens with zero attached hydrogens (tertiary/aromatic N) is 2. The molecule has 43 heavy (non-hydrogen) atoms. The number of aliphatic hydroxyl groups is 2. The number of carbonyl (C=O) groups excluding carboxylic acids is 2. The van der Waals surface area contributed by atoms with Gasteiger partial charge in [-0.25, -0.2) is 8.42 Å². The molecule has 2 aromatic carbocycles. The van der Waals surface area contributed by atoms with Gasteiger partial charge in [-0.1, -0.05) is 48.9 Å². The highest BCUT2D eigenvalue weighted by Gasteiger charge is 2.56. The van der Waals surface area contributed by atoms with Gasteiger partial charge < -0.3 is 20.4 Å². The van der Waals surface area contributed by atoms with Crippen molar-refractivity contribution in [2.45, 2.75) is 55.9 Å². The zero-order valence-electron chi connectivity index (χ0n) is 24.1. The molecule has 6 N–H and O–H groups in total. The van der Waals surface area contributed by atoms with Crippen LogP contribution in [0.5, 0.6) is 0 Å². The van der Waals surface area contributed by atoms with Crippen LogP contribution in [0.15, 0.2) is 57.3 Å². The average molecular weight is 633 g/mol. The largest absolute Gasteiger partial charge is 0.506 e. The first-order chi connectivity index (χ1) is 20.2. The van der Waals surface area contributed by atoms with Crippen molar-refractivity contribution < 1.29 is 37.3 Å². The Hall–Kier alpha value is -3.43. The summed E-state index contributed by atoms with van der Waals surface area (Å²) in [6.07, 6.45) is 2.83. The maximum Gasteiger partial charge on any atom is 0.241 e. The molecule has 1 fully saturated rings. The summed E-state index contributed by atoms with van der Waals surface area (Å²) in [6.45, 7) is 4.07. The fraction of sp³-hybridized carbons (Fsp3) is 0.414. The maximum atomic E-state index is 14.8. The minimum Gasteiger partial charge on any atom is -0.506 e. The number of anilines is 2. The SMILES string of the molecule is CC(C)CC[C@@]1(C(=O)N2CCC[C@@H]2CO)C(=O)C(C2=NS(O)(O)c3cc(NS(C)(=O)=O)ccc3N2)=C(O)c2ccccc21. The van der Waals surface area contributed by atoms with Crippen molar-refractivity contribution in [1.29, 1.82) is 0 Å². The number of likely N-dealkylation sites (tertiary alicyclic amines) is 1. The van der Waals surface area contributed by atoms with Gasteiger partial charge in [0.2, 0.25) is 15.9 Å². The molecule has 2 aromatic rings. The molecule has 0 saturated carbocycles. The third-order valence-corrected chi connectivity index (χ3v) is 10.1. The van der Waals surface area contributed by atoms with Gasteiger partial charge in [0, 0.05) is 12.1 Å². The van der Waals surface area contributed by atoms with Gasteiger partial charge in [0.1, 0.15) is 21.6 Å². The lowest BCUT2D eigenvalue weighted by atomic mass is 9.64. The van der Waals surface area contributed by atoms with Crippen molar-refractivity contribution in [3.8, 4) is 0 Å². The molecular weight excluding hydrogens is 596 g/mol. The molecule has 2 atom stereocenters. The summed E-state index contributed by atoms with van der Waals surface area (Å²) in [6, 6.07) is 10.2. The summed E-state index contributed by atoms with van der Waals surface area (Å²) in [5, 5.41) is 24.5. The molecule has 14 heteroatoms. The number of sulfonamides is 1. The Labute approximate surface area is 252 Å². The van der Waals surface area contributed by atoms with Crippen molar-refractivity contribution in [3.05, 3.63) is 59.2 Å². The summed E-state index contributed by atoms with van der Waals surface area (Å²) in [5.74, 6) is -1.88. The van der Waals surface area contributed by atoms with Crippen LogP contribution >= 0.6 is 10.8 Å². The first-order valence-corrected chi connectivity index (χ1v) is 17.4. The Morgan fingerprint density at radius 3 is 2.63 bits per heavy atom. The predicted octanol–water partition coefficient (Wildman–Crippen LogP) is 4.12. The van der Waals surface area contributed by atoms with Gasteiger partial charge in [-0.15, -0.1) is 4.40 Å². The van der Waals surface area contributed by atoms with Crippen molar-refractivity contribution >= 4 is 55.5 Å². The Bertz CT molecular complexity index is 1650. The van der Waals surface area contributed by atoms with E-state index in [1.54, 1.807) is 29.2 Å². The first kappa shape index (κ1) is 31.0. The average Bonchev–Trinajstić information content (AvgIpc) is 3.41. The quantitative estimate of drug-likeness (QED) is 0.233. The number of fused-ring (bicyclic) bond motifs is 2. The molecule has 12 nitrogen and oxygen atoms in total. The van der Waals surface area contributed by atoms with E-state index in [1.165, 1.54) is 18.2 Å². The smallest absolute Gasteiger partial charge is 0.241 e. The van der Waals surface area contributed by atoms with Crippen LogP contribution in [0.25, 0.3) is 5.76 Å². The van der Waals surface area contributed by atoms with Crippen LogP contribution in [0.3, 0.4) is 0 Å². The van der Waals surface area contributed by atoms with E-state index in [0.717, 1.165) is 6.26 Å². The topological polar surface area (TPSA) is 189 Å². The van der Waals surface area contributed by atoms with Crippen LogP contribution < -0.4 is 10.0 Å². The van der Waals surface area contributed by atoms with E-state index in [0.29, 0.717) is 31.4 Å². The molecule has 0 unspecified atom stereocenters. The van der Waals surface area contributed by atoms with Crippen LogP contribution in [0.4, 0.5) is 11.4 Å². The van der Waals surface area contributed by atoms with Gasteiger partial charge in [-0.05, 0) is 55.4 Å². The number of aliphatic hydroxyl groups excluding tert-OH is 2. The van der Waals surface area contributed by atoms with Crippen LogP contribution in [0.1, 0.15) is 50.7 Å². The molecule has 1 amide bonds. The predicted molar refractivity (Wildman–Crippen MR) is 166 cm³/mol. The summed E-state index contributed by atoms with van der Waals surface area (Å²) < 4.78 is 51.9. The second-order valence-corrected chi connectivity index (χ2v) is 15.0. The van der Waals surface area contributed by atoms with Gasteiger partial charge in [0.15, 0.2) is 11.6 Å². The fourth-order valence-electron chi connectivity index (χ4n) is 6.03. The third kappa shape index (κ3) is 5.53. The van der Waals surface area contributed by atoms with Crippen LogP contribution in [0, 0.1) is 5.92 Å². The number of ketones is 1. The molecule has 1 saturated heterocycles. The second-order valence-electron chi connectivity index (χ2n) is 11.6. The number of amidine groups is 1. The van der Waals surface area contributed by atoms with E-state index in [-0.39, 0.29) is 52.2 Å². The van der Waals surface area contributed by atoms with Crippen LogP contribution in [-0.2, 0) is 25.0 Å². The zero-order valence-corrected chi connectivity index (χ0v) is 25.7. The highest BCUT2D eigenvalue weighted by molar-refractivity contribution is 8.23. The molecule has 0 spiro atoms. The summed E-state index contributed by atoms with van der Waals surface area (Å²) in [4.78, 5) is 30.8. The minimum atomic E-state index is -3.99. The molecule has 2 aliphatic heterocycles. The van der Waals surface area contributed by atoms with Gasteiger partial charge in [-0.3, -0.25) is 23.4 Å². The van der Waals surface area contributed by atoms with E-state index < -0.39 is 49.7 Å². The molecule has 0 radical (unpaired) electrons. The lowest BCUT2D eigenvalue weighted by Gasteiger charge is -2.42. The van der Waals surface area contributed by atoms with Gasteiger partial charge in [0.25, 0.3) is 0 Å². The monoisotopic (exact) mass is 632 g/mol. The number of hydrogen-bond acceptors (Lipinski definition) is 10. The van der Waals surface area contributed by atoms with Crippen LogP contribution in [-0.4, -0.2) is 75.6 Å². The summed E-state index contributed by atoms with van der Waals surface area (Å²) in [5.41, 5.74) is -1.33. The van der Waals surface area contributed by atoms with E-state index in [4.69, 9.17) is 0 Å². The number of hydrogen-bond donors (Lipinski definition) is 6. The van der Waals surface area contributed by atoms with Crippen molar-refractivity contribution in [3.63, 3.8) is 0 Å². The molecule has 1 aliphatic carbocycles. The number of carbonyl (C=O) groups is 2. The number of nitrogens with one attached hydrogen (secondary N) is 2. The Morgan fingerprint density at radius 2 is 1.95 bits per heavy atom. The molecule has 5 rings (SSSR count). The number of Topliss-reactive ketones (excluding diaryl/α,β-unsaturated/α-hetero) is 1. The summed E-state index contributed by atoms with van der Waals surface area (Å²) in [7, 11) is -7.64. The highest BCUT2D eigenvalue weighted by atomic mass is 32.3. The second kappa shape index (κ2) is 11.2. The fourth-order valence-corrected chi connectivity index (χ4v) is 7.78. The van der Waals surface area contributed by atoms with Crippen molar-refractivity contribution in [2.75, 3.05) is 29.4 Å². The van der Waals surface area contributed by atoms with E-state index in [1.807, 2.05) is 13.8 Å². The molecule has 232 valence electrons. The number of benzene rings is 2. The van der Waals surface area contributed by atoms with Crippen molar-refractivity contribution in [1.82, 2.24) is 4.90 Å². The first-order valence-electron chi connectivity index (χ1n) is 14.0. The van der Waals surface area contributed by atoms with E-state index in [9.17, 15) is 37.3 Å². The highest BCUT2D eigenvalue weighted by Crippen LogP contribution is 2.57. The number of rotatable bonds is 8. The van der Waals surface area contributed by atoms with Gasteiger partial charge in [-0.2, -0.15) is 0 Å². The standard InChI is InChI=1S/C29H36N4O8S2/c1-17(2)12-13-29(28(37)33-14-6-7-19(33)16-34)21-9-5-4-8-20(21)25(35)24(26(29)36)27-30-22-11-10-18(31-42(3,38)39)15-23(22)43(40,41)32-27/h4-5,8-11,15,17,19,31,34-35,40-41H,6-7,12-14,16H2,1-3H3,(H,30,32)/t19-,29+/m1/s1. The third-order valence-electron chi connectivity index (χ3n) is 8.09. The lowest BCUT2D eigenvalue weighted by Crippen LogP contribution is -2.56. The van der Waals surface area contributed by atoms with E-state index >= 15 is 0 Å². The van der Waals surface area contributed by atoms with Crippen molar-refractivity contribution in [2.24, 2.45) is 10.3 Å². The lowest BCUT2D eigenvalue weighted by molar-refractivity contribution is -0.144. The normalized spacial score (nSPS) is 23.8. The van der Waals surface area contributed by atoms with E-state index in [2.05, 4.69) is 14.4 Å². The molecular formula is C29H36N4O8S2. The Balaban J connectivity index is 1.67. The number of amides is 1. The molecule has 0 bridgehead atoms. The van der Waals surface area contributed by atoms with Gasteiger partial charge in [0.05, 0.1) is 30.3 Å². The Morgan fingerprint density at radius 1 is 1.23 bits per heavy atom. The summed E-state index contributed by atoms with van der Waals surface area (Å²) >= 11 is 0. The minimum absolute atomic E-state index is 0.0776. The molecule has 0 aromatic heterocycles. The molecule has 2 heterocycles. The zero-order chi connectivity index (χ0) is 31.3. The van der Waals surface area contributed by atoms with Gasteiger partial charge >= 0.3 is 0 Å². The molecule has 3 aliphatic rings.